The number of pyridine rings is 1. The van der Waals surface area contributed by atoms with E-state index in [0.717, 1.165) is 33.5 Å². The van der Waals surface area contributed by atoms with Crippen LogP contribution in [0.2, 0.25) is 0 Å². The summed E-state index contributed by atoms with van der Waals surface area (Å²) in [6.45, 7) is 0. The van der Waals surface area contributed by atoms with E-state index in [2.05, 4.69) is 15.3 Å². The Hall–Kier alpha value is -3.60. The van der Waals surface area contributed by atoms with Crippen LogP contribution in [-0.4, -0.2) is 30.0 Å². The van der Waals surface area contributed by atoms with E-state index in [4.69, 9.17) is 0 Å². The Morgan fingerprint density at radius 1 is 1.00 bits per heavy atom. The van der Waals surface area contributed by atoms with Crippen LogP contribution in [-0.2, 0) is 0 Å². The Bertz CT molecular complexity index is 1100. The van der Waals surface area contributed by atoms with Crippen molar-refractivity contribution in [2.24, 2.45) is 0 Å². The minimum Gasteiger partial charge on any atom is -0.378 e. The molecule has 0 saturated carbocycles. The maximum absolute atomic E-state index is 12.7. The van der Waals surface area contributed by atoms with Gasteiger partial charge < -0.3 is 15.2 Å². The van der Waals surface area contributed by atoms with Gasteiger partial charge in [0.1, 0.15) is 5.65 Å². The fourth-order valence-corrected chi connectivity index (χ4v) is 3.02. The summed E-state index contributed by atoms with van der Waals surface area (Å²) in [6.07, 6.45) is 3.61. The van der Waals surface area contributed by atoms with E-state index >= 15 is 0 Å². The van der Waals surface area contributed by atoms with Crippen LogP contribution in [0.3, 0.4) is 0 Å². The van der Waals surface area contributed by atoms with Crippen LogP contribution in [0.25, 0.3) is 22.2 Å². The maximum Gasteiger partial charge on any atom is 0.255 e. The van der Waals surface area contributed by atoms with Crippen molar-refractivity contribution in [2.75, 3.05) is 24.3 Å². The lowest BCUT2D eigenvalue weighted by Gasteiger charge is -2.13. The van der Waals surface area contributed by atoms with E-state index in [1.807, 2.05) is 85.9 Å². The quantitative estimate of drug-likeness (QED) is 0.564. The predicted molar refractivity (Wildman–Crippen MR) is 110 cm³/mol. The summed E-state index contributed by atoms with van der Waals surface area (Å²) >= 11 is 0. The van der Waals surface area contributed by atoms with Crippen molar-refractivity contribution in [3.63, 3.8) is 0 Å². The van der Waals surface area contributed by atoms with Crippen LogP contribution < -0.4 is 10.2 Å². The number of nitrogens with zero attached hydrogens (tertiary/aromatic N) is 2. The molecule has 0 aliphatic rings. The number of aromatic nitrogens is 2. The van der Waals surface area contributed by atoms with Gasteiger partial charge in [0.2, 0.25) is 0 Å². The molecule has 1 amide bonds. The molecule has 2 aromatic carbocycles. The minimum atomic E-state index is -0.148. The number of amides is 1. The number of hydrogen-bond acceptors (Lipinski definition) is 3. The van der Waals surface area contributed by atoms with Crippen LogP contribution in [0.15, 0.2) is 73.1 Å². The number of hydrogen-bond donors (Lipinski definition) is 2. The standard InChI is InChI=1S/C22H20N4O/c1-26(2)18-10-6-9-16(11-18)22(27)25-20-14-24-21-19(20)12-17(13-23-21)15-7-4-3-5-8-15/h3-14H,1-2H3,(H,23,24)(H,25,27). The SMILES string of the molecule is CN(C)c1cccc(C(=O)Nc2c[nH]c3ncc(-c4ccccc4)cc23)c1. The van der Waals surface area contributed by atoms with Gasteiger partial charge in [-0.05, 0) is 29.8 Å². The van der Waals surface area contributed by atoms with Crippen molar-refractivity contribution in [3.8, 4) is 11.1 Å². The molecule has 0 saturated heterocycles. The summed E-state index contributed by atoms with van der Waals surface area (Å²) in [4.78, 5) is 22.3. The average molecular weight is 356 g/mol. The number of carbonyl (C=O) groups is 1. The molecular weight excluding hydrogens is 336 g/mol. The molecule has 2 N–H and O–H groups in total. The van der Waals surface area contributed by atoms with E-state index < -0.39 is 0 Å². The van der Waals surface area contributed by atoms with Crippen molar-refractivity contribution in [2.45, 2.75) is 0 Å². The van der Waals surface area contributed by atoms with E-state index in [1.165, 1.54) is 0 Å². The van der Waals surface area contributed by atoms with E-state index in [9.17, 15) is 4.79 Å². The number of benzene rings is 2. The lowest BCUT2D eigenvalue weighted by atomic mass is 10.1. The van der Waals surface area contributed by atoms with E-state index in [1.54, 1.807) is 6.20 Å². The van der Waals surface area contributed by atoms with E-state index in [0.29, 0.717) is 5.56 Å². The fourth-order valence-electron chi connectivity index (χ4n) is 3.02. The second kappa shape index (κ2) is 6.96. The number of aromatic amines is 1. The number of anilines is 2. The molecule has 2 heterocycles. The third-order valence-electron chi connectivity index (χ3n) is 4.51. The lowest BCUT2D eigenvalue weighted by molar-refractivity contribution is 0.102. The molecule has 0 bridgehead atoms. The van der Waals surface area contributed by atoms with Gasteiger partial charge in [-0.15, -0.1) is 0 Å². The Kier molecular flexibility index (Phi) is 4.34. The third kappa shape index (κ3) is 3.40. The molecule has 2 aromatic heterocycles. The molecule has 4 aromatic rings. The van der Waals surface area contributed by atoms with Crippen molar-refractivity contribution in [1.82, 2.24) is 9.97 Å². The average Bonchev–Trinajstić information content (AvgIpc) is 3.10. The summed E-state index contributed by atoms with van der Waals surface area (Å²) in [5, 5.41) is 3.88. The molecule has 0 fully saturated rings. The normalized spacial score (nSPS) is 10.7. The van der Waals surface area contributed by atoms with Crippen LogP contribution in [0.5, 0.6) is 0 Å². The summed E-state index contributed by atoms with van der Waals surface area (Å²) in [5.41, 5.74) is 5.15. The fraction of sp³-hybridized carbons (Fsp3) is 0.0909. The molecular formula is C22H20N4O. The van der Waals surface area contributed by atoms with Gasteiger partial charge in [-0.3, -0.25) is 4.79 Å². The zero-order valence-electron chi connectivity index (χ0n) is 15.2. The van der Waals surface area contributed by atoms with Gasteiger partial charge in [-0.25, -0.2) is 4.98 Å². The first-order valence-electron chi connectivity index (χ1n) is 8.73. The zero-order valence-corrected chi connectivity index (χ0v) is 15.2. The first kappa shape index (κ1) is 16.8. The number of rotatable bonds is 4. The molecule has 0 aliphatic carbocycles. The summed E-state index contributed by atoms with van der Waals surface area (Å²) in [7, 11) is 3.90. The highest BCUT2D eigenvalue weighted by atomic mass is 16.1. The molecule has 0 unspecified atom stereocenters. The zero-order chi connectivity index (χ0) is 18.8. The van der Waals surface area contributed by atoms with E-state index in [-0.39, 0.29) is 5.91 Å². The lowest BCUT2D eigenvalue weighted by Crippen LogP contribution is -2.14. The summed E-state index contributed by atoms with van der Waals surface area (Å²) in [5.74, 6) is -0.148. The predicted octanol–water partition coefficient (Wildman–Crippen LogP) is 4.55. The van der Waals surface area contributed by atoms with Gasteiger partial charge in [-0.2, -0.15) is 0 Å². The monoisotopic (exact) mass is 356 g/mol. The molecule has 5 nitrogen and oxygen atoms in total. The Morgan fingerprint density at radius 3 is 2.59 bits per heavy atom. The molecule has 4 rings (SSSR count). The molecule has 0 atom stereocenters. The van der Waals surface area contributed by atoms with Crippen LogP contribution >= 0.6 is 0 Å². The topological polar surface area (TPSA) is 61.0 Å². The Morgan fingerprint density at radius 2 is 1.81 bits per heavy atom. The first-order chi connectivity index (χ1) is 13.1. The highest BCUT2D eigenvalue weighted by Crippen LogP contribution is 2.28. The van der Waals surface area contributed by atoms with Crippen molar-refractivity contribution >= 4 is 28.3 Å². The second-order valence-electron chi connectivity index (χ2n) is 6.59. The number of fused-ring (bicyclic) bond motifs is 1. The van der Waals surface area contributed by atoms with Gasteiger partial charge in [0.25, 0.3) is 5.91 Å². The Balaban J connectivity index is 1.66. The molecule has 0 aliphatic heterocycles. The molecule has 5 heteroatoms. The molecule has 134 valence electrons. The second-order valence-corrected chi connectivity index (χ2v) is 6.59. The van der Waals surface area contributed by atoms with Gasteiger partial charge in [0.05, 0.1) is 5.69 Å². The van der Waals surface area contributed by atoms with Crippen LogP contribution in [0.4, 0.5) is 11.4 Å². The highest BCUT2D eigenvalue weighted by Gasteiger charge is 2.12. The van der Waals surface area contributed by atoms with Crippen molar-refractivity contribution in [3.05, 3.63) is 78.6 Å². The Labute approximate surface area is 157 Å². The summed E-state index contributed by atoms with van der Waals surface area (Å²) < 4.78 is 0. The number of H-pyrrole nitrogens is 1. The maximum atomic E-state index is 12.7. The molecule has 0 spiro atoms. The van der Waals surface area contributed by atoms with Gasteiger partial charge in [0.15, 0.2) is 0 Å². The summed E-state index contributed by atoms with van der Waals surface area (Å²) in [6, 6.07) is 19.6. The first-order valence-corrected chi connectivity index (χ1v) is 8.73. The minimum absolute atomic E-state index is 0.148. The third-order valence-corrected chi connectivity index (χ3v) is 4.51. The van der Waals surface area contributed by atoms with Crippen LogP contribution in [0, 0.1) is 0 Å². The van der Waals surface area contributed by atoms with Gasteiger partial charge in [0, 0.05) is 48.7 Å². The van der Waals surface area contributed by atoms with Crippen LogP contribution in [0.1, 0.15) is 10.4 Å². The van der Waals surface area contributed by atoms with Crippen molar-refractivity contribution in [1.29, 1.82) is 0 Å². The van der Waals surface area contributed by atoms with Gasteiger partial charge in [-0.1, -0.05) is 36.4 Å². The van der Waals surface area contributed by atoms with Gasteiger partial charge >= 0.3 is 0 Å². The largest absolute Gasteiger partial charge is 0.378 e. The molecule has 27 heavy (non-hydrogen) atoms. The van der Waals surface area contributed by atoms with Crippen molar-refractivity contribution < 1.29 is 4.79 Å². The number of nitrogens with one attached hydrogen (secondary N) is 2. The smallest absolute Gasteiger partial charge is 0.255 e. The highest BCUT2D eigenvalue weighted by molar-refractivity contribution is 6.09. The number of carbonyl (C=O) groups excluding carboxylic acids is 1. The molecule has 0 radical (unpaired) electrons.